The molecule has 7 heteroatoms. The molecule has 1 atom stereocenters. The predicted octanol–water partition coefficient (Wildman–Crippen LogP) is 3.24. The van der Waals surface area contributed by atoms with Gasteiger partial charge >= 0.3 is 0 Å². The van der Waals surface area contributed by atoms with Crippen LogP contribution in [0.4, 0.5) is 0 Å². The van der Waals surface area contributed by atoms with Gasteiger partial charge in [-0.15, -0.1) is 0 Å². The summed E-state index contributed by atoms with van der Waals surface area (Å²) in [7, 11) is 0. The van der Waals surface area contributed by atoms with Crippen LogP contribution in [0.5, 0.6) is 5.75 Å². The number of rotatable bonds is 8. The third-order valence-electron chi connectivity index (χ3n) is 4.72. The minimum atomic E-state index is -0.685. The molecule has 3 N–H and O–H groups in total. The molecule has 3 rings (SSSR count). The molecule has 7 nitrogen and oxygen atoms in total. The van der Waals surface area contributed by atoms with E-state index in [1.165, 1.54) is 0 Å². The maximum Gasteiger partial charge on any atom is 0.258 e. The second kappa shape index (κ2) is 9.15. The second-order valence-electron chi connectivity index (χ2n) is 7.10. The van der Waals surface area contributed by atoms with Crippen molar-refractivity contribution in [2.24, 2.45) is 5.73 Å². The molecule has 29 heavy (non-hydrogen) atoms. The van der Waals surface area contributed by atoms with Crippen molar-refractivity contribution in [2.75, 3.05) is 13.2 Å². The first-order valence-electron chi connectivity index (χ1n) is 9.91. The van der Waals surface area contributed by atoms with Crippen molar-refractivity contribution in [1.29, 1.82) is 0 Å². The maximum atomic E-state index is 9.69. The van der Waals surface area contributed by atoms with Crippen molar-refractivity contribution in [3.63, 3.8) is 0 Å². The van der Waals surface area contributed by atoms with E-state index in [1.807, 2.05) is 38.1 Å². The number of aliphatic hydroxyl groups is 1. The number of aryl methyl sites for hydroxylation is 4. The quantitative estimate of drug-likeness (QED) is 0.602. The second-order valence-corrected chi connectivity index (χ2v) is 7.10. The summed E-state index contributed by atoms with van der Waals surface area (Å²) in [5.74, 6) is 1.77. The first kappa shape index (κ1) is 21.0. The molecular formula is C22H28N4O3. The highest BCUT2D eigenvalue weighted by Gasteiger charge is 2.16. The van der Waals surface area contributed by atoms with Crippen LogP contribution in [-0.2, 0) is 12.8 Å². The molecule has 0 bridgehead atoms. The zero-order chi connectivity index (χ0) is 21.0. The number of pyridine rings is 1. The third kappa shape index (κ3) is 4.81. The van der Waals surface area contributed by atoms with Gasteiger partial charge in [0.25, 0.3) is 5.89 Å². The fourth-order valence-corrected chi connectivity index (χ4v) is 3.19. The molecule has 3 aromatic rings. The van der Waals surface area contributed by atoms with E-state index in [2.05, 4.69) is 29.0 Å². The summed E-state index contributed by atoms with van der Waals surface area (Å²) < 4.78 is 11.3. The summed E-state index contributed by atoms with van der Waals surface area (Å²) in [5.41, 5.74) is 11.1. The lowest BCUT2D eigenvalue weighted by molar-refractivity contribution is 0.113. The average molecular weight is 396 g/mol. The van der Waals surface area contributed by atoms with E-state index in [1.54, 1.807) is 0 Å². The Kier molecular flexibility index (Phi) is 6.61. The van der Waals surface area contributed by atoms with Crippen molar-refractivity contribution in [3.05, 3.63) is 46.8 Å². The van der Waals surface area contributed by atoms with E-state index >= 15 is 0 Å². The summed E-state index contributed by atoms with van der Waals surface area (Å²) >= 11 is 0. The molecule has 0 amide bonds. The van der Waals surface area contributed by atoms with E-state index in [9.17, 15) is 5.11 Å². The SMILES string of the molecule is CCc1cc(-c2nc(-c3cc(C)c(OC[C@H](O)CN)c(CC)c3)no2)cc(C)n1. The van der Waals surface area contributed by atoms with Gasteiger partial charge in [-0.05, 0) is 62.1 Å². The molecule has 0 saturated heterocycles. The predicted molar refractivity (Wildman–Crippen MR) is 112 cm³/mol. The number of aromatic nitrogens is 3. The minimum Gasteiger partial charge on any atom is -0.490 e. The molecule has 0 aliphatic rings. The van der Waals surface area contributed by atoms with Crippen LogP contribution in [0.15, 0.2) is 28.8 Å². The molecule has 1 aromatic carbocycles. The highest BCUT2D eigenvalue weighted by Crippen LogP contribution is 2.31. The van der Waals surface area contributed by atoms with Crippen molar-refractivity contribution in [3.8, 4) is 28.6 Å². The smallest absolute Gasteiger partial charge is 0.258 e. The Morgan fingerprint density at radius 2 is 1.86 bits per heavy atom. The molecule has 0 fully saturated rings. The molecule has 0 unspecified atom stereocenters. The van der Waals surface area contributed by atoms with Crippen LogP contribution in [-0.4, -0.2) is 39.5 Å². The van der Waals surface area contributed by atoms with Gasteiger partial charge in [0, 0.05) is 29.1 Å². The van der Waals surface area contributed by atoms with E-state index in [0.29, 0.717) is 11.7 Å². The molecule has 0 aliphatic heterocycles. The lowest BCUT2D eigenvalue weighted by atomic mass is 10.0. The van der Waals surface area contributed by atoms with E-state index in [4.69, 9.17) is 15.0 Å². The van der Waals surface area contributed by atoms with E-state index in [0.717, 1.165) is 52.2 Å². The van der Waals surface area contributed by atoms with Crippen molar-refractivity contribution < 1.29 is 14.4 Å². The Bertz CT molecular complexity index is 984. The topological polar surface area (TPSA) is 107 Å². The monoisotopic (exact) mass is 396 g/mol. The van der Waals surface area contributed by atoms with Gasteiger partial charge in [-0.1, -0.05) is 19.0 Å². The van der Waals surface area contributed by atoms with Gasteiger partial charge in [0.05, 0.1) is 0 Å². The van der Waals surface area contributed by atoms with Gasteiger partial charge in [0.2, 0.25) is 5.82 Å². The summed E-state index contributed by atoms with van der Waals surface area (Å²) in [4.78, 5) is 9.09. The molecule has 0 spiro atoms. The normalized spacial score (nSPS) is 12.2. The van der Waals surface area contributed by atoms with Gasteiger partial charge in [0.1, 0.15) is 18.5 Å². The van der Waals surface area contributed by atoms with Crippen LogP contribution >= 0.6 is 0 Å². The Morgan fingerprint density at radius 1 is 1.07 bits per heavy atom. The molecule has 0 aliphatic carbocycles. The first-order chi connectivity index (χ1) is 13.9. The highest BCUT2D eigenvalue weighted by atomic mass is 16.5. The number of benzene rings is 1. The van der Waals surface area contributed by atoms with Crippen LogP contribution in [0.2, 0.25) is 0 Å². The Hall–Kier alpha value is -2.77. The van der Waals surface area contributed by atoms with Crippen LogP contribution < -0.4 is 10.5 Å². The van der Waals surface area contributed by atoms with Gasteiger partial charge in [-0.25, -0.2) is 0 Å². The number of nitrogens with two attached hydrogens (primary N) is 1. The number of hydrogen-bond donors (Lipinski definition) is 2. The van der Waals surface area contributed by atoms with Gasteiger partial charge < -0.3 is 20.1 Å². The third-order valence-corrected chi connectivity index (χ3v) is 4.72. The van der Waals surface area contributed by atoms with Crippen LogP contribution in [0.25, 0.3) is 22.8 Å². The molecule has 0 saturated carbocycles. The summed E-state index contributed by atoms with van der Waals surface area (Å²) in [5, 5.41) is 13.9. The standard InChI is InChI=1S/C22H28N4O3/c1-5-15-9-16(7-13(3)20(15)28-12-19(27)11-23)21-25-22(29-26-21)17-8-14(4)24-18(6-2)10-17/h7-10,19,27H,5-6,11-12,23H2,1-4H3/t19-/m1/s1. The molecule has 154 valence electrons. The van der Waals surface area contributed by atoms with Crippen LogP contribution in [0.3, 0.4) is 0 Å². The fraction of sp³-hybridized carbons (Fsp3) is 0.409. The molecular weight excluding hydrogens is 368 g/mol. The number of aliphatic hydroxyl groups excluding tert-OH is 1. The summed E-state index contributed by atoms with van der Waals surface area (Å²) in [6, 6.07) is 7.89. The fourth-order valence-electron chi connectivity index (χ4n) is 3.19. The largest absolute Gasteiger partial charge is 0.490 e. The van der Waals surface area contributed by atoms with Gasteiger partial charge in [0.15, 0.2) is 0 Å². The van der Waals surface area contributed by atoms with Crippen LogP contribution in [0, 0.1) is 13.8 Å². The average Bonchev–Trinajstić information content (AvgIpc) is 3.21. The van der Waals surface area contributed by atoms with Crippen molar-refractivity contribution >= 4 is 0 Å². The number of nitrogens with zero attached hydrogens (tertiary/aromatic N) is 3. The summed E-state index contributed by atoms with van der Waals surface area (Å²) in [6.45, 7) is 8.37. The Balaban J connectivity index is 1.92. The molecule has 2 aromatic heterocycles. The lowest BCUT2D eigenvalue weighted by Crippen LogP contribution is -2.27. The van der Waals surface area contributed by atoms with Gasteiger partial charge in [-0.3, -0.25) is 4.98 Å². The van der Waals surface area contributed by atoms with Gasteiger partial charge in [-0.2, -0.15) is 4.98 Å². The molecule has 0 radical (unpaired) electrons. The zero-order valence-electron chi connectivity index (χ0n) is 17.4. The van der Waals surface area contributed by atoms with E-state index in [-0.39, 0.29) is 13.2 Å². The Labute approximate surface area is 170 Å². The Morgan fingerprint density at radius 3 is 2.55 bits per heavy atom. The lowest BCUT2D eigenvalue weighted by Gasteiger charge is -2.16. The minimum absolute atomic E-state index is 0.164. The number of ether oxygens (including phenoxy) is 1. The molecule has 2 heterocycles. The maximum absolute atomic E-state index is 9.69. The van der Waals surface area contributed by atoms with Crippen LogP contribution in [0.1, 0.15) is 36.4 Å². The highest BCUT2D eigenvalue weighted by molar-refractivity contribution is 5.64. The van der Waals surface area contributed by atoms with Crippen molar-refractivity contribution in [2.45, 2.75) is 46.6 Å². The zero-order valence-corrected chi connectivity index (χ0v) is 17.4. The van der Waals surface area contributed by atoms with E-state index < -0.39 is 6.10 Å². The summed E-state index contributed by atoms with van der Waals surface area (Å²) in [6.07, 6.45) is 0.932. The first-order valence-corrected chi connectivity index (χ1v) is 9.91. The van der Waals surface area contributed by atoms with Crippen molar-refractivity contribution in [1.82, 2.24) is 15.1 Å². The number of hydrogen-bond acceptors (Lipinski definition) is 7.